The third-order valence-electron chi connectivity index (χ3n) is 3.52. The Kier molecular flexibility index (Phi) is 4.19. The Balaban J connectivity index is 2.16. The summed E-state index contributed by atoms with van der Waals surface area (Å²) in [5.41, 5.74) is 0.937. The van der Waals surface area contributed by atoms with Crippen LogP contribution in [0.3, 0.4) is 0 Å². The molecule has 1 aliphatic rings. The minimum atomic E-state index is -0.743. The lowest BCUT2D eigenvalue weighted by molar-refractivity contribution is -0.147. The molecular weight excluding hydrogens is 252 g/mol. The Morgan fingerprint density at radius 2 is 2.44 bits per heavy atom. The van der Waals surface area contributed by atoms with Crippen molar-refractivity contribution in [2.45, 2.75) is 32.4 Å². The molecule has 1 aliphatic heterocycles. The van der Waals surface area contributed by atoms with Crippen LogP contribution in [-0.2, 0) is 11.3 Å². The Bertz CT molecular complexity index is 439. The molecule has 18 heavy (non-hydrogen) atoms. The molecule has 0 bridgehead atoms. The van der Waals surface area contributed by atoms with Crippen LogP contribution in [0.4, 0.5) is 0 Å². The van der Waals surface area contributed by atoms with Gasteiger partial charge < -0.3 is 5.11 Å². The summed E-state index contributed by atoms with van der Waals surface area (Å²) in [5, 5.41) is 9.94. The molecule has 0 amide bonds. The summed E-state index contributed by atoms with van der Waals surface area (Å²) < 4.78 is 0. The Hall–Kier alpha value is -1.13. The number of nitrogens with zero attached hydrogens (tertiary/aromatic N) is 2. The lowest BCUT2D eigenvalue weighted by Gasteiger charge is -2.37. The van der Waals surface area contributed by atoms with Crippen molar-refractivity contribution in [3.8, 4) is 0 Å². The van der Waals surface area contributed by atoms with Gasteiger partial charge in [-0.15, -0.1) is 0 Å². The first-order chi connectivity index (χ1) is 8.59. The van der Waals surface area contributed by atoms with Crippen LogP contribution in [-0.4, -0.2) is 33.5 Å². The third-order valence-corrected chi connectivity index (χ3v) is 3.86. The average molecular weight is 269 g/mol. The number of carboxylic acid groups (broad SMARTS) is 1. The SMILES string of the molecule is CC1CCCN(Cc2ccncc2Cl)C1C(=O)O. The van der Waals surface area contributed by atoms with Crippen LogP contribution in [0.2, 0.25) is 5.02 Å². The van der Waals surface area contributed by atoms with Crippen LogP contribution < -0.4 is 0 Å². The third kappa shape index (κ3) is 2.82. The van der Waals surface area contributed by atoms with Crippen molar-refractivity contribution in [2.24, 2.45) is 5.92 Å². The second-order valence-corrected chi connectivity index (χ2v) is 5.25. The highest BCUT2D eigenvalue weighted by molar-refractivity contribution is 6.31. The summed E-state index contributed by atoms with van der Waals surface area (Å²) in [5.74, 6) is -0.566. The summed E-state index contributed by atoms with van der Waals surface area (Å²) in [6.45, 7) is 3.38. The summed E-state index contributed by atoms with van der Waals surface area (Å²) in [6, 6.07) is 1.43. The van der Waals surface area contributed by atoms with Gasteiger partial charge in [-0.2, -0.15) is 0 Å². The van der Waals surface area contributed by atoms with Crippen molar-refractivity contribution in [1.82, 2.24) is 9.88 Å². The van der Waals surface area contributed by atoms with Crippen LogP contribution in [0.25, 0.3) is 0 Å². The fraction of sp³-hybridized carbons (Fsp3) is 0.538. The first-order valence-corrected chi connectivity index (χ1v) is 6.52. The maximum absolute atomic E-state index is 11.4. The number of aromatic nitrogens is 1. The van der Waals surface area contributed by atoms with Gasteiger partial charge in [0.25, 0.3) is 0 Å². The molecule has 2 rings (SSSR count). The van der Waals surface area contributed by atoms with Gasteiger partial charge in [-0.1, -0.05) is 18.5 Å². The molecule has 4 nitrogen and oxygen atoms in total. The fourth-order valence-electron chi connectivity index (χ4n) is 2.60. The number of halogens is 1. The summed E-state index contributed by atoms with van der Waals surface area (Å²) in [7, 11) is 0. The Labute approximate surface area is 112 Å². The molecule has 0 spiro atoms. The van der Waals surface area contributed by atoms with Gasteiger partial charge in [-0.3, -0.25) is 14.7 Å². The van der Waals surface area contributed by atoms with Gasteiger partial charge in [-0.05, 0) is 36.9 Å². The van der Waals surface area contributed by atoms with Crippen LogP contribution in [0, 0.1) is 5.92 Å². The first-order valence-electron chi connectivity index (χ1n) is 6.15. The lowest BCUT2D eigenvalue weighted by atomic mass is 9.90. The lowest BCUT2D eigenvalue weighted by Crippen LogP contribution is -2.48. The number of hydrogen-bond donors (Lipinski definition) is 1. The summed E-state index contributed by atoms with van der Waals surface area (Å²) in [6.07, 6.45) is 5.29. The molecular formula is C13H17ClN2O2. The smallest absolute Gasteiger partial charge is 0.321 e. The highest BCUT2D eigenvalue weighted by atomic mass is 35.5. The van der Waals surface area contributed by atoms with E-state index in [1.807, 2.05) is 17.9 Å². The average Bonchev–Trinajstić information content (AvgIpc) is 2.31. The van der Waals surface area contributed by atoms with E-state index in [4.69, 9.17) is 11.6 Å². The molecule has 0 aliphatic carbocycles. The van der Waals surface area contributed by atoms with Crippen molar-refractivity contribution < 1.29 is 9.90 Å². The zero-order valence-corrected chi connectivity index (χ0v) is 11.1. The quantitative estimate of drug-likeness (QED) is 0.915. The molecule has 1 fully saturated rings. The van der Waals surface area contributed by atoms with Crippen molar-refractivity contribution in [1.29, 1.82) is 0 Å². The van der Waals surface area contributed by atoms with Crippen molar-refractivity contribution in [2.75, 3.05) is 6.54 Å². The summed E-state index contributed by atoms with van der Waals surface area (Å²) in [4.78, 5) is 17.3. The number of pyridine rings is 1. The Morgan fingerprint density at radius 1 is 1.67 bits per heavy atom. The van der Waals surface area contributed by atoms with E-state index in [2.05, 4.69) is 4.98 Å². The van der Waals surface area contributed by atoms with Crippen molar-refractivity contribution in [3.63, 3.8) is 0 Å². The standard InChI is InChI=1S/C13H17ClN2O2/c1-9-3-2-6-16(12(9)13(17)18)8-10-4-5-15-7-11(10)14/h4-5,7,9,12H,2-3,6,8H2,1H3,(H,17,18). The molecule has 1 saturated heterocycles. The monoisotopic (exact) mass is 268 g/mol. The highest BCUT2D eigenvalue weighted by Gasteiger charge is 2.34. The van der Waals surface area contributed by atoms with E-state index in [0.29, 0.717) is 11.6 Å². The van der Waals surface area contributed by atoms with E-state index in [1.165, 1.54) is 0 Å². The molecule has 98 valence electrons. The second-order valence-electron chi connectivity index (χ2n) is 4.84. The minimum Gasteiger partial charge on any atom is -0.480 e. The van der Waals surface area contributed by atoms with E-state index in [9.17, 15) is 9.90 Å². The van der Waals surface area contributed by atoms with Crippen LogP contribution in [0.5, 0.6) is 0 Å². The van der Waals surface area contributed by atoms with Crippen LogP contribution in [0.1, 0.15) is 25.3 Å². The van der Waals surface area contributed by atoms with E-state index in [-0.39, 0.29) is 5.92 Å². The minimum absolute atomic E-state index is 0.178. The van der Waals surface area contributed by atoms with Gasteiger partial charge in [0.15, 0.2) is 0 Å². The molecule has 2 unspecified atom stereocenters. The summed E-state index contributed by atoms with van der Waals surface area (Å²) >= 11 is 6.07. The zero-order chi connectivity index (χ0) is 13.1. The molecule has 1 aromatic rings. The predicted octanol–water partition coefficient (Wildman–Crippen LogP) is 2.42. The van der Waals surface area contributed by atoms with Gasteiger partial charge in [-0.25, -0.2) is 0 Å². The predicted molar refractivity (Wildman–Crippen MR) is 69.5 cm³/mol. The van der Waals surface area contributed by atoms with Gasteiger partial charge in [0.1, 0.15) is 6.04 Å². The molecule has 1 aromatic heterocycles. The van der Waals surface area contributed by atoms with Gasteiger partial charge in [0.05, 0.1) is 5.02 Å². The molecule has 5 heteroatoms. The Morgan fingerprint density at radius 3 is 3.11 bits per heavy atom. The van der Waals surface area contributed by atoms with Crippen molar-refractivity contribution in [3.05, 3.63) is 29.0 Å². The van der Waals surface area contributed by atoms with Gasteiger partial charge in [0.2, 0.25) is 0 Å². The number of carboxylic acids is 1. The number of rotatable bonds is 3. The maximum atomic E-state index is 11.4. The van der Waals surface area contributed by atoms with Crippen LogP contribution >= 0.6 is 11.6 Å². The first kappa shape index (κ1) is 13.3. The molecule has 0 radical (unpaired) electrons. The number of piperidine rings is 1. The zero-order valence-electron chi connectivity index (χ0n) is 10.3. The highest BCUT2D eigenvalue weighted by Crippen LogP contribution is 2.26. The van der Waals surface area contributed by atoms with E-state index in [0.717, 1.165) is 24.9 Å². The van der Waals surface area contributed by atoms with Crippen molar-refractivity contribution >= 4 is 17.6 Å². The van der Waals surface area contributed by atoms with E-state index in [1.54, 1.807) is 12.4 Å². The number of likely N-dealkylation sites (tertiary alicyclic amines) is 1. The number of aliphatic carboxylic acids is 1. The molecule has 2 atom stereocenters. The molecule has 0 aromatic carbocycles. The van der Waals surface area contributed by atoms with E-state index >= 15 is 0 Å². The second kappa shape index (κ2) is 5.67. The van der Waals surface area contributed by atoms with Gasteiger partial charge >= 0.3 is 5.97 Å². The van der Waals surface area contributed by atoms with E-state index < -0.39 is 12.0 Å². The molecule has 0 saturated carbocycles. The fourth-order valence-corrected chi connectivity index (χ4v) is 2.78. The normalized spacial score (nSPS) is 25.0. The maximum Gasteiger partial charge on any atom is 0.321 e. The number of hydrogen-bond acceptors (Lipinski definition) is 3. The largest absolute Gasteiger partial charge is 0.480 e. The molecule has 1 N–H and O–H groups in total. The van der Waals surface area contributed by atoms with Gasteiger partial charge in [0, 0.05) is 18.9 Å². The molecule has 2 heterocycles. The number of carbonyl (C=O) groups is 1. The van der Waals surface area contributed by atoms with Crippen LogP contribution in [0.15, 0.2) is 18.5 Å². The topological polar surface area (TPSA) is 53.4 Å².